The quantitative estimate of drug-likeness (QED) is 0.736. The predicted molar refractivity (Wildman–Crippen MR) is 67.4 cm³/mol. The molecule has 0 saturated carbocycles. The van der Waals surface area contributed by atoms with Crippen molar-refractivity contribution in [1.82, 2.24) is 10.3 Å². The van der Waals surface area contributed by atoms with Crippen LogP contribution in [-0.2, 0) is 6.42 Å². The minimum Gasteiger partial charge on any atom is -0.314 e. The third kappa shape index (κ3) is 5.28. The summed E-state index contributed by atoms with van der Waals surface area (Å²) < 4.78 is 0. The molecule has 0 aliphatic rings. The van der Waals surface area contributed by atoms with Crippen molar-refractivity contribution in [3.63, 3.8) is 0 Å². The van der Waals surface area contributed by atoms with E-state index in [0.717, 1.165) is 13.0 Å². The van der Waals surface area contributed by atoms with E-state index < -0.39 is 0 Å². The van der Waals surface area contributed by atoms with Crippen LogP contribution in [0.2, 0.25) is 0 Å². The first kappa shape index (κ1) is 12.7. The van der Waals surface area contributed by atoms with E-state index in [1.165, 1.54) is 30.7 Å². The van der Waals surface area contributed by atoms with Crippen molar-refractivity contribution in [3.05, 3.63) is 16.6 Å². The van der Waals surface area contributed by atoms with Crippen molar-refractivity contribution < 1.29 is 0 Å². The fourth-order valence-electron chi connectivity index (χ4n) is 1.66. The molecule has 0 saturated heterocycles. The van der Waals surface area contributed by atoms with Crippen molar-refractivity contribution in [1.29, 1.82) is 0 Å². The molecule has 1 N–H and O–H groups in total. The van der Waals surface area contributed by atoms with Gasteiger partial charge in [0.25, 0.3) is 0 Å². The number of rotatable bonds is 8. The zero-order valence-corrected chi connectivity index (χ0v) is 10.6. The highest BCUT2D eigenvalue weighted by atomic mass is 32.1. The molecule has 1 rings (SSSR count). The molecule has 3 heteroatoms. The lowest BCUT2D eigenvalue weighted by atomic mass is 10.1. The van der Waals surface area contributed by atoms with E-state index in [4.69, 9.17) is 0 Å². The highest BCUT2D eigenvalue weighted by Crippen LogP contribution is 2.06. The molecule has 1 heterocycles. The van der Waals surface area contributed by atoms with E-state index in [0.29, 0.717) is 6.04 Å². The molecular weight excluding hydrogens is 204 g/mol. The minimum atomic E-state index is 0.699. The molecule has 0 amide bonds. The van der Waals surface area contributed by atoms with Gasteiger partial charge < -0.3 is 5.32 Å². The topological polar surface area (TPSA) is 24.9 Å². The summed E-state index contributed by atoms with van der Waals surface area (Å²) in [6, 6.07) is 0.699. The van der Waals surface area contributed by atoms with Gasteiger partial charge in [0.05, 0.1) is 5.01 Å². The first-order chi connectivity index (χ1) is 7.36. The van der Waals surface area contributed by atoms with Crippen molar-refractivity contribution in [2.45, 2.75) is 52.0 Å². The molecule has 0 aromatic carbocycles. The highest BCUT2D eigenvalue weighted by Gasteiger charge is 2.04. The Kier molecular flexibility index (Phi) is 6.60. The molecule has 0 aliphatic carbocycles. The summed E-state index contributed by atoms with van der Waals surface area (Å²) in [6.07, 6.45) is 8.13. The van der Waals surface area contributed by atoms with Crippen LogP contribution in [0.1, 0.15) is 44.5 Å². The lowest BCUT2D eigenvalue weighted by Gasteiger charge is -2.15. The molecule has 0 fully saturated rings. The second kappa shape index (κ2) is 7.83. The van der Waals surface area contributed by atoms with Crippen molar-refractivity contribution in [2.24, 2.45) is 0 Å². The van der Waals surface area contributed by atoms with Crippen LogP contribution in [0.25, 0.3) is 0 Å². The van der Waals surface area contributed by atoms with Gasteiger partial charge in [-0.15, -0.1) is 11.3 Å². The summed E-state index contributed by atoms with van der Waals surface area (Å²) in [6.45, 7) is 5.58. The fourth-order valence-corrected chi connectivity index (χ4v) is 2.28. The molecule has 86 valence electrons. The monoisotopic (exact) mass is 226 g/mol. The Balaban J connectivity index is 2.11. The van der Waals surface area contributed by atoms with Gasteiger partial charge in [-0.2, -0.15) is 0 Å². The Bertz CT molecular complexity index is 234. The molecule has 1 unspecified atom stereocenters. The Morgan fingerprint density at radius 1 is 1.47 bits per heavy atom. The van der Waals surface area contributed by atoms with Crippen molar-refractivity contribution in [2.75, 3.05) is 6.54 Å². The maximum atomic E-state index is 4.28. The summed E-state index contributed by atoms with van der Waals surface area (Å²) in [4.78, 5) is 4.28. The molecule has 0 aliphatic heterocycles. The van der Waals surface area contributed by atoms with E-state index in [1.807, 2.05) is 11.6 Å². The summed E-state index contributed by atoms with van der Waals surface area (Å²) in [7, 11) is 0. The smallest absolute Gasteiger partial charge is 0.0937 e. The number of unbranched alkanes of at least 4 members (excludes halogenated alkanes) is 1. The number of thiazole rings is 1. The first-order valence-corrected chi connectivity index (χ1v) is 6.86. The van der Waals surface area contributed by atoms with E-state index in [1.54, 1.807) is 11.3 Å². The third-order valence-corrected chi connectivity index (χ3v) is 3.49. The molecule has 1 atom stereocenters. The van der Waals surface area contributed by atoms with Gasteiger partial charge >= 0.3 is 0 Å². The van der Waals surface area contributed by atoms with Crippen LogP contribution in [0.4, 0.5) is 0 Å². The zero-order chi connectivity index (χ0) is 10.9. The van der Waals surface area contributed by atoms with Crippen molar-refractivity contribution >= 4 is 11.3 Å². The Morgan fingerprint density at radius 3 is 2.93 bits per heavy atom. The largest absolute Gasteiger partial charge is 0.314 e. The van der Waals surface area contributed by atoms with Crippen LogP contribution in [0.15, 0.2) is 11.6 Å². The van der Waals surface area contributed by atoms with Gasteiger partial charge in [0.15, 0.2) is 0 Å². The normalized spacial score (nSPS) is 12.9. The maximum absolute atomic E-state index is 4.28. The van der Waals surface area contributed by atoms with E-state index in [9.17, 15) is 0 Å². The van der Waals surface area contributed by atoms with Crippen LogP contribution in [0, 0.1) is 0 Å². The summed E-state index contributed by atoms with van der Waals surface area (Å²) >= 11 is 1.75. The fraction of sp³-hybridized carbons (Fsp3) is 0.750. The van der Waals surface area contributed by atoms with Crippen molar-refractivity contribution in [3.8, 4) is 0 Å². The average molecular weight is 226 g/mol. The molecule has 0 spiro atoms. The van der Waals surface area contributed by atoms with Crippen LogP contribution in [0.5, 0.6) is 0 Å². The van der Waals surface area contributed by atoms with Gasteiger partial charge in [0.2, 0.25) is 0 Å². The molecule has 1 aromatic heterocycles. The lowest BCUT2D eigenvalue weighted by molar-refractivity contribution is 0.456. The van der Waals surface area contributed by atoms with Gasteiger partial charge in [-0.05, 0) is 12.8 Å². The van der Waals surface area contributed by atoms with E-state index in [-0.39, 0.29) is 0 Å². The predicted octanol–water partition coefficient (Wildman–Crippen LogP) is 3.24. The second-order valence-electron chi connectivity index (χ2n) is 3.88. The van der Waals surface area contributed by atoms with Crippen LogP contribution >= 0.6 is 11.3 Å². The number of nitrogens with one attached hydrogen (secondary N) is 1. The lowest BCUT2D eigenvalue weighted by Crippen LogP contribution is -2.30. The average Bonchev–Trinajstić information content (AvgIpc) is 2.76. The second-order valence-corrected chi connectivity index (χ2v) is 4.86. The Labute approximate surface area is 97.1 Å². The maximum Gasteiger partial charge on any atom is 0.0937 e. The van der Waals surface area contributed by atoms with Gasteiger partial charge in [-0.25, -0.2) is 4.98 Å². The highest BCUT2D eigenvalue weighted by molar-refractivity contribution is 7.09. The third-order valence-electron chi connectivity index (χ3n) is 2.65. The van der Waals surface area contributed by atoms with Gasteiger partial charge in [0, 0.05) is 30.6 Å². The van der Waals surface area contributed by atoms with Gasteiger partial charge in [0.1, 0.15) is 0 Å². The van der Waals surface area contributed by atoms with Gasteiger partial charge in [-0.3, -0.25) is 0 Å². The molecule has 0 bridgehead atoms. The molecule has 0 radical (unpaired) electrons. The van der Waals surface area contributed by atoms with Crippen LogP contribution in [-0.4, -0.2) is 17.6 Å². The van der Waals surface area contributed by atoms with E-state index in [2.05, 4.69) is 24.1 Å². The molecule has 1 aromatic rings. The minimum absolute atomic E-state index is 0.699. The Hall–Kier alpha value is -0.410. The molecule has 15 heavy (non-hydrogen) atoms. The summed E-state index contributed by atoms with van der Waals surface area (Å²) in [5.74, 6) is 0. The summed E-state index contributed by atoms with van der Waals surface area (Å²) in [5, 5.41) is 6.90. The van der Waals surface area contributed by atoms with Gasteiger partial charge in [-0.1, -0.05) is 26.7 Å². The summed E-state index contributed by atoms with van der Waals surface area (Å²) in [5.41, 5.74) is 0. The van der Waals surface area contributed by atoms with E-state index >= 15 is 0 Å². The molecule has 2 nitrogen and oxygen atoms in total. The SMILES string of the molecule is CCCCC(CC)NCCc1nccs1. The number of hydrogen-bond acceptors (Lipinski definition) is 3. The number of aromatic nitrogens is 1. The first-order valence-electron chi connectivity index (χ1n) is 5.98. The Morgan fingerprint density at radius 2 is 2.33 bits per heavy atom. The number of nitrogens with zero attached hydrogens (tertiary/aromatic N) is 1. The zero-order valence-electron chi connectivity index (χ0n) is 9.83. The van der Waals surface area contributed by atoms with Crippen LogP contribution in [0.3, 0.4) is 0 Å². The van der Waals surface area contributed by atoms with Crippen LogP contribution < -0.4 is 5.32 Å². The standard InChI is InChI=1S/C12H22N2S/c1-3-5-6-11(4-2)13-8-7-12-14-9-10-15-12/h9-11,13H,3-8H2,1-2H3. The molecular formula is C12H22N2S. The number of hydrogen-bond donors (Lipinski definition) is 1.